The van der Waals surface area contributed by atoms with E-state index in [1.807, 2.05) is 55.2 Å². The van der Waals surface area contributed by atoms with E-state index in [2.05, 4.69) is 5.32 Å². The van der Waals surface area contributed by atoms with E-state index in [0.29, 0.717) is 25.4 Å². The number of piperazine rings is 1. The number of ether oxygens (including phenoxy) is 1. The molecule has 0 bridgehead atoms. The summed E-state index contributed by atoms with van der Waals surface area (Å²) in [6.07, 6.45) is 0. The van der Waals surface area contributed by atoms with Crippen molar-refractivity contribution in [3.8, 4) is 5.75 Å². The van der Waals surface area contributed by atoms with E-state index < -0.39 is 0 Å². The molecular formula is C17H26N4O3. The molecule has 1 heterocycles. The number of hydrogen-bond donors (Lipinski definition) is 1. The number of hydrogen-bond acceptors (Lipinski definition) is 5. The predicted octanol–water partition coefficient (Wildman–Crippen LogP) is 0.0200. The van der Waals surface area contributed by atoms with Crippen LogP contribution in [0.2, 0.25) is 0 Å². The zero-order valence-electron chi connectivity index (χ0n) is 14.8. The Bertz CT molecular complexity index is 591. The summed E-state index contributed by atoms with van der Waals surface area (Å²) in [5.74, 6) is 0.480. The number of nitrogens with zero attached hydrogens (tertiary/aromatic N) is 3. The topological polar surface area (TPSA) is 65.1 Å². The number of rotatable bonds is 5. The fourth-order valence-corrected chi connectivity index (χ4v) is 2.64. The third-order valence-corrected chi connectivity index (χ3v) is 4.25. The lowest BCUT2D eigenvalue weighted by Gasteiger charge is -2.38. The maximum atomic E-state index is 12.4. The van der Waals surface area contributed by atoms with Crippen LogP contribution in [-0.4, -0.2) is 82.1 Å². The van der Waals surface area contributed by atoms with Gasteiger partial charge in [0.15, 0.2) is 6.61 Å². The van der Waals surface area contributed by atoms with E-state index in [0.717, 1.165) is 5.69 Å². The number of benzene rings is 1. The van der Waals surface area contributed by atoms with Gasteiger partial charge in [-0.15, -0.1) is 0 Å². The van der Waals surface area contributed by atoms with Crippen molar-refractivity contribution in [2.24, 2.45) is 0 Å². The summed E-state index contributed by atoms with van der Waals surface area (Å²) < 4.78 is 5.63. The Morgan fingerprint density at radius 2 is 2.08 bits per heavy atom. The Labute approximate surface area is 143 Å². The van der Waals surface area contributed by atoms with Gasteiger partial charge >= 0.3 is 0 Å². The molecule has 0 aliphatic carbocycles. The number of carbonyl (C=O) groups excluding carboxylic acids is 2. The van der Waals surface area contributed by atoms with Crippen LogP contribution in [0.4, 0.5) is 5.69 Å². The van der Waals surface area contributed by atoms with Crippen LogP contribution in [0.25, 0.3) is 0 Å². The van der Waals surface area contributed by atoms with Crippen LogP contribution in [0.1, 0.15) is 0 Å². The summed E-state index contributed by atoms with van der Waals surface area (Å²) in [6.45, 7) is 1.63. The number of anilines is 1. The molecule has 7 heteroatoms. The van der Waals surface area contributed by atoms with Gasteiger partial charge in [0.25, 0.3) is 5.91 Å². The molecule has 1 aromatic rings. The molecule has 1 saturated heterocycles. The lowest BCUT2D eigenvalue weighted by atomic mass is 10.1. The minimum Gasteiger partial charge on any atom is -0.484 e. The monoisotopic (exact) mass is 334 g/mol. The van der Waals surface area contributed by atoms with Gasteiger partial charge in [-0.1, -0.05) is 6.07 Å². The van der Waals surface area contributed by atoms with Crippen LogP contribution in [0.3, 0.4) is 0 Å². The maximum absolute atomic E-state index is 12.4. The van der Waals surface area contributed by atoms with Crippen molar-refractivity contribution >= 4 is 17.5 Å². The molecule has 0 unspecified atom stereocenters. The van der Waals surface area contributed by atoms with Crippen LogP contribution in [0, 0.1) is 0 Å². The zero-order valence-corrected chi connectivity index (χ0v) is 14.8. The first-order valence-electron chi connectivity index (χ1n) is 8.02. The number of carbonyl (C=O) groups is 2. The Balaban J connectivity index is 1.92. The third kappa shape index (κ3) is 4.38. The highest BCUT2D eigenvalue weighted by Crippen LogP contribution is 2.19. The minimum atomic E-state index is -0.315. The first-order chi connectivity index (χ1) is 11.4. The van der Waals surface area contributed by atoms with E-state index >= 15 is 0 Å². The van der Waals surface area contributed by atoms with Gasteiger partial charge in [0.1, 0.15) is 11.8 Å². The summed E-state index contributed by atoms with van der Waals surface area (Å²) in [4.78, 5) is 29.9. The lowest BCUT2D eigenvalue weighted by Crippen LogP contribution is -2.58. The average molecular weight is 334 g/mol. The molecule has 1 aliphatic rings. The molecule has 0 radical (unpaired) electrons. The maximum Gasteiger partial charge on any atom is 0.260 e. The van der Waals surface area contributed by atoms with Gasteiger partial charge in [0.2, 0.25) is 5.91 Å². The fraction of sp³-hybridized carbons (Fsp3) is 0.529. The highest BCUT2D eigenvalue weighted by Gasteiger charge is 2.31. The van der Waals surface area contributed by atoms with E-state index in [4.69, 9.17) is 4.74 Å². The molecule has 1 fully saturated rings. The van der Waals surface area contributed by atoms with Crippen molar-refractivity contribution in [3.05, 3.63) is 24.3 Å². The smallest absolute Gasteiger partial charge is 0.260 e. The van der Waals surface area contributed by atoms with Crippen LogP contribution >= 0.6 is 0 Å². The molecule has 7 nitrogen and oxygen atoms in total. The van der Waals surface area contributed by atoms with Gasteiger partial charge in [-0.05, 0) is 19.2 Å². The highest BCUT2D eigenvalue weighted by atomic mass is 16.5. The molecule has 0 saturated carbocycles. The normalized spacial score (nSPS) is 18.2. The van der Waals surface area contributed by atoms with Gasteiger partial charge in [-0.25, -0.2) is 0 Å². The molecule has 0 aromatic heterocycles. The van der Waals surface area contributed by atoms with Gasteiger partial charge in [-0.2, -0.15) is 0 Å². The van der Waals surface area contributed by atoms with E-state index in [-0.39, 0.29) is 24.5 Å². The van der Waals surface area contributed by atoms with Crippen molar-refractivity contribution in [1.29, 1.82) is 0 Å². The summed E-state index contributed by atoms with van der Waals surface area (Å²) in [7, 11) is 7.41. The van der Waals surface area contributed by atoms with Gasteiger partial charge < -0.3 is 19.9 Å². The zero-order chi connectivity index (χ0) is 17.7. The van der Waals surface area contributed by atoms with Crippen molar-refractivity contribution in [3.63, 3.8) is 0 Å². The summed E-state index contributed by atoms with van der Waals surface area (Å²) in [5, 5.41) is 2.64. The second kappa shape index (κ2) is 8.01. The van der Waals surface area contributed by atoms with Crippen molar-refractivity contribution < 1.29 is 14.3 Å². The number of nitrogens with one attached hydrogen (secondary N) is 1. The Morgan fingerprint density at radius 1 is 1.33 bits per heavy atom. The molecule has 24 heavy (non-hydrogen) atoms. The van der Waals surface area contributed by atoms with Crippen LogP contribution in [0.5, 0.6) is 5.75 Å². The number of amides is 2. The molecule has 2 amide bonds. The van der Waals surface area contributed by atoms with Gasteiger partial charge in [-0.3, -0.25) is 14.5 Å². The minimum absolute atomic E-state index is 0.0267. The Morgan fingerprint density at radius 3 is 2.75 bits per heavy atom. The molecule has 1 atom stereocenters. The molecule has 1 aliphatic heterocycles. The molecular weight excluding hydrogens is 308 g/mol. The van der Waals surface area contributed by atoms with Crippen molar-refractivity contribution in [1.82, 2.24) is 15.1 Å². The average Bonchev–Trinajstić information content (AvgIpc) is 2.59. The number of likely N-dealkylation sites (N-methyl/N-ethyl adjacent to an activating group) is 2. The second-order valence-corrected chi connectivity index (χ2v) is 6.13. The van der Waals surface area contributed by atoms with Crippen LogP contribution in [0.15, 0.2) is 24.3 Å². The lowest BCUT2D eigenvalue weighted by molar-refractivity contribution is -0.139. The quantitative estimate of drug-likeness (QED) is 0.822. The predicted molar refractivity (Wildman–Crippen MR) is 93.3 cm³/mol. The van der Waals surface area contributed by atoms with E-state index in [1.165, 1.54) is 0 Å². The molecule has 132 valence electrons. The molecule has 0 spiro atoms. The van der Waals surface area contributed by atoms with Crippen molar-refractivity contribution in [2.45, 2.75) is 6.04 Å². The third-order valence-electron chi connectivity index (χ3n) is 4.25. The Hall–Kier alpha value is -2.28. The summed E-state index contributed by atoms with van der Waals surface area (Å²) in [6, 6.07) is 7.28. The van der Waals surface area contributed by atoms with Gasteiger partial charge in [0, 0.05) is 52.5 Å². The first-order valence-corrected chi connectivity index (χ1v) is 8.02. The van der Waals surface area contributed by atoms with Crippen LogP contribution < -0.4 is 15.0 Å². The molecule has 1 N–H and O–H groups in total. The SMILES string of the molecule is CNC(=O)[C@@H]1CN(C(=O)COc2cccc(N(C)C)c2)CCN1C. The molecule has 1 aromatic carbocycles. The fourth-order valence-electron chi connectivity index (χ4n) is 2.64. The second-order valence-electron chi connectivity index (χ2n) is 6.13. The van der Waals surface area contributed by atoms with Crippen molar-refractivity contribution in [2.75, 3.05) is 59.3 Å². The first kappa shape index (κ1) is 18.1. The standard InChI is InChI=1S/C17H26N4O3/c1-18-17(23)15-11-21(9-8-20(15)4)16(22)12-24-14-7-5-6-13(10-14)19(2)3/h5-7,10,15H,8-9,11-12H2,1-4H3,(H,18,23)/t15-/m0/s1. The summed E-state index contributed by atoms with van der Waals surface area (Å²) in [5.41, 5.74) is 1.01. The Kier molecular flexibility index (Phi) is 6.03. The van der Waals surface area contributed by atoms with Crippen LogP contribution in [-0.2, 0) is 9.59 Å². The van der Waals surface area contributed by atoms with E-state index in [9.17, 15) is 9.59 Å². The molecule has 2 rings (SSSR count). The van der Waals surface area contributed by atoms with Gasteiger partial charge in [0.05, 0.1) is 0 Å². The summed E-state index contributed by atoms with van der Waals surface area (Å²) >= 11 is 0. The van der Waals surface area contributed by atoms with E-state index in [1.54, 1.807) is 11.9 Å². The largest absolute Gasteiger partial charge is 0.484 e. The highest BCUT2D eigenvalue weighted by molar-refractivity contribution is 5.84.